The molecule has 0 radical (unpaired) electrons. The Kier molecular flexibility index (Phi) is 4.36. The van der Waals surface area contributed by atoms with Crippen LogP contribution < -0.4 is 10.2 Å². The first-order valence-corrected chi connectivity index (χ1v) is 7.69. The molecule has 1 fully saturated rings. The fourth-order valence-corrected chi connectivity index (χ4v) is 2.58. The van der Waals surface area contributed by atoms with E-state index in [1.807, 2.05) is 18.2 Å². The van der Waals surface area contributed by atoms with Gasteiger partial charge in [-0.2, -0.15) is 0 Å². The van der Waals surface area contributed by atoms with E-state index in [-0.39, 0.29) is 0 Å². The Balaban J connectivity index is 1.77. The molecule has 0 aliphatic carbocycles. The Labute approximate surface area is 132 Å². The number of hydrogen-bond acceptors (Lipinski definition) is 5. The van der Waals surface area contributed by atoms with Crippen LogP contribution in [0.2, 0.25) is 0 Å². The average Bonchev–Trinajstić information content (AvgIpc) is 2.52. The zero-order valence-electron chi connectivity index (χ0n) is 11.8. The van der Waals surface area contributed by atoms with E-state index in [1.165, 1.54) is 5.56 Å². The normalized spacial score (nSPS) is 15.0. The fourth-order valence-electron chi connectivity index (χ4n) is 2.20. The molecule has 0 unspecified atom stereocenters. The van der Waals surface area contributed by atoms with Gasteiger partial charge in [-0.05, 0) is 24.6 Å². The lowest BCUT2D eigenvalue weighted by Crippen LogP contribution is -2.36. The maximum absolute atomic E-state index is 5.37. The number of nitrogens with one attached hydrogen (secondary N) is 1. The maximum Gasteiger partial charge on any atom is 0.135 e. The summed E-state index contributed by atoms with van der Waals surface area (Å²) >= 11 is 3.54. The second-order valence-electron chi connectivity index (χ2n) is 4.95. The molecule has 2 heterocycles. The van der Waals surface area contributed by atoms with Crippen LogP contribution in [-0.4, -0.2) is 36.3 Å². The van der Waals surface area contributed by atoms with Gasteiger partial charge in [0.15, 0.2) is 0 Å². The van der Waals surface area contributed by atoms with Crippen molar-refractivity contribution in [2.45, 2.75) is 6.92 Å². The van der Waals surface area contributed by atoms with Gasteiger partial charge in [-0.15, -0.1) is 0 Å². The van der Waals surface area contributed by atoms with E-state index >= 15 is 0 Å². The molecule has 1 saturated heterocycles. The summed E-state index contributed by atoms with van der Waals surface area (Å²) < 4.78 is 6.44. The van der Waals surface area contributed by atoms with Gasteiger partial charge in [0, 0.05) is 29.3 Å². The number of morpholine rings is 1. The number of nitrogens with zero attached hydrogens (tertiary/aromatic N) is 3. The van der Waals surface area contributed by atoms with E-state index in [9.17, 15) is 0 Å². The van der Waals surface area contributed by atoms with E-state index in [2.05, 4.69) is 49.1 Å². The Morgan fingerprint density at radius 3 is 2.76 bits per heavy atom. The van der Waals surface area contributed by atoms with Crippen molar-refractivity contribution in [2.24, 2.45) is 0 Å². The van der Waals surface area contributed by atoms with Crippen molar-refractivity contribution in [3.63, 3.8) is 0 Å². The van der Waals surface area contributed by atoms with Gasteiger partial charge in [0.1, 0.15) is 18.0 Å². The quantitative estimate of drug-likeness (QED) is 0.923. The second-order valence-corrected chi connectivity index (χ2v) is 5.80. The van der Waals surface area contributed by atoms with Crippen molar-refractivity contribution in [1.29, 1.82) is 0 Å². The number of halogens is 1. The number of rotatable bonds is 3. The summed E-state index contributed by atoms with van der Waals surface area (Å²) in [5.74, 6) is 1.73. The van der Waals surface area contributed by atoms with Gasteiger partial charge in [0.25, 0.3) is 0 Å². The third kappa shape index (κ3) is 3.51. The van der Waals surface area contributed by atoms with Crippen molar-refractivity contribution in [3.05, 3.63) is 40.6 Å². The lowest BCUT2D eigenvalue weighted by Gasteiger charge is -2.27. The largest absolute Gasteiger partial charge is 0.378 e. The van der Waals surface area contributed by atoms with Crippen LogP contribution in [0.5, 0.6) is 0 Å². The van der Waals surface area contributed by atoms with E-state index < -0.39 is 0 Å². The Morgan fingerprint density at radius 1 is 1.19 bits per heavy atom. The van der Waals surface area contributed by atoms with Crippen LogP contribution in [0.3, 0.4) is 0 Å². The molecule has 0 spiro atoms. The lowest BCUT2D eigenvalue weighted by molar-refractivity contribution is 0.122. The van der Waals surface area contributed by atoms with E-state index in [0.717, 1.165) is 48.1 Å². The summed E-state index contributed by atoms with van der Waals surface area (Å²) in [6, 6.07) is 8.12. The van der Waals surface area contributed by atoms with Gasteiger partial charge in [-0.1, -0.05) is 22.0 Å². The summed E-state index contributed by atoms with van der Waals surface area (Å²) in [6.07, 6.45) is 1.59. The SMILES string of the molecule is Cc1ccc(Nc2cc(N3CCOCC3)ncn2)cc1Br. The van der Waals surface area contributed by atoms with Gasteiger partial charge in [0.05, 0.1) is 13.2 Å². The third-order valence-electron chi connectivity index (χ3n) is 3.43. The van der Waals surface area contributed by atoms with Crippen LogP contribution in [0.1, 0.15) is 5.56 Å². The second kappa shape index (κ2) is 6.41. The van der Waals surface area contributed by atoms with Crippen LogP contribution in [0.15, 0.2) is 35.1 Å². The van der Waals surface area contributed by atoms with Crippen molar-refractivity contribution >= 4 is 33.3 Å². The molecule has 1 N–H and O–H groups in total. The van der Waals surface area contributed by atoms with E-state index in [0.29, 0.717) is 0 Å². The Bertz CT molecular complexity index is 629. The number of aryl methyl sites for hydroxylation is 1. The summed E-state index contributed by atoms with van der Waals surface area (Å²) in [5.41, 5.74) is 2.20. The molecule has 5 nitrogen and oxygen atoms in total. The van der Waals surface area contributed by atoms with Crippen molar-refractivity contribution in [1.82, 2.24) is 9.97 Å². The number of aromatic nitrogens is 2. The van der Waals surface area contributed by atoms with E-state index in [4.69, 9.17) is 4.74 Å². The molecule has 1 aromatic carbocycles. The molecule has 0 bridgehead atoms. The fraction of sp³-hybridized carbons (Fsp3) is 0.333. The van der Waals surface area contributed by atoms with Crippen molar-refractivity contribution in [3.8, 4) is 0 Å². The van der Waals surface area contributed by atoms with Gasteiger partial charge in [-0.3, -0.25) is 0 Å². The summed E-state index contributed by atoms with van der Waals surface area (Å²) in [6.45, 7) is 5.30. The van der Waals surface area contributed by atoms with Crippen LogP contribution in [0, 0.1) is 6.92 Å². The predicted octanol–water partition coefficient (Wildman–Crippen LogP) is 3.13. The zero-order valence-corrected chi connectivity index (χ0v) is 13.4. The smallest absolute Gasteiger partial charge is 0.135 e. The Morgan fingerprint density at radius 2 is 2.00 bits per heavy atom. The molecular formula is C15H17BrN4O. The van der Waals surface area contributed by atoms with Crippen LogP contribution >= 0.6 is 15.9 Å². The van der Waals surface area contributed by atoms with Gasteiger partial charge < -0.3 is 15.0 Å². The summed E-state index contributed by atoms with van der Waals surface area (Å²) in [7, 11) is 0. The Hall–Kier alpha value is -1.66. The molecule has 6 heteroatoms. The van der Waals surface area contributed by atoms with Gasteiger partial charge >= 0.3 is 0 Å². The van der Waals surface area contributed by atoms with Gasteiger partial charge in [0.2, 0.25) is 0 Å². The third-order valence-corrected chi connectivity index (χ3v) is 4.29. The lowest BCUT2D eigenvalue weighted by atomic mass is 10.2. The topological polar surface area (TPSA) is 50.3 Å². The number of benzene rings is 1. The highest BCUT2D eigenvalue weighted by Crippen LogP contribution is 2.24. The van der Waals surface area contributed by atoms with Crippen molar-refractivity contribution < 1.29 is 4.74 Å². The molecule has 2 aromatic rings. The number of hydrogen-bond donors (Lipinski definition) is 1. The molecule has 1 aliphatic heterocycles. The summed E-state index contributed by atoms with van der Waals surface area (Å²) in [5, 5.41) is 3.31. The predicted molar refractivity (Wildman–Crippen MR) is 87.2 cm³/mol. The minimum absolute atomic E-state index is 0.748. The molecule has 1 aliphatic rings. The first-order valence-electron chi connectivity index (χ1n) is 6.90. The first kappa shape index (κ1) is 14.3. The first-order chi connectivity index (χ1) is 10.2. The minimum atomic E-state index is 0.748. The van der Waals surface area contributed by atoms with Crippen LogP contribution in [0.4, 0.5) is 17.3 Å². The standard InChI is InChI=1S/C15H17BrN4O/c1-11-2-3-12(8-13(11)16)19-14-9-15(18-10-17-14)20-4-6-21-7-5-20/h2-3,8-10H,4-7H2,1H3,(H,17,18,19). The molecule has 0 saturated carbocycles. The highest BCUT2D eigenvalue weighted by Gasteiger charge is 2.13. The van der Waals surface area contributed by atoms with Crippen LogP contribution in [-0.2, 0) is 4.74 Å². The maximum atomic E-state index is 5.37. The monoisotopic (exact) mass is 348 g/mol. The molecule has 21 heavy (non-hydrogen) atoms. The molecule has 3 rings (SSSR count). The molecule has 110 valence electrons. The number of anilines is 3. The average molecular weight is 349 g/mol. The summed E-state index contributed by atoms with van der Waals surface area (Å²) in [4.78, 5) is 10.8. The highest BCUT2D eigenvalue weighted by atomic mass is 79.9. The molecular weight excluding hydrogens is 332 g/mol. The molecule has 1 aromatic heterocycles. The van der Waals surface area contributed by atoms with Crippen LogP contribution in [0.25, 0.3) is 0 Å². The molecule has 0 amide bonds. The molecule has 0 atom stereocenters. The van der Waals surface area contributed by atoms with Crippen molar-refractivity contribution in [2.75, 3.05) is 36.5 Å². The minimum Gasteiger partial charge on any atom is -0.378 e. The number of ether oxygens (including phenoxy) is 1. The van der Waals surface area contributed by atoms with Gasteiger partial charge in [-0.25, -0.2) is 9.97 Å². The highest BCUT2D eigenvalue weighted by molar-refractivity contribution is 9.10. The zero-order chi connectivity index (χ0) is 14.7. The van der Waals surface area contributed by atoms with E-state index in [1.54, 1.807) is 6.33 Å².